The molecule has 4 rings (SSSR count). The molecule has 0 aromatic heterocycles. The maximum atomic E-state index is 11.8. The highest BCUT2D eigenvalue weighted by molar-refractivity contribution is 5.69. The number of ether oxygens (including phenoxy) is 2. The minimum atomic E-state index is -0.153. The van der Waals surface area contributed by atoms with Gasteiger partial charge in [-0.3, -0.25) is 9.59 Å². The highest BCUT2D eigenvalue weighted by Gasteiger charge is 2.63. The van der Waals surface area contributed by atoms with Crippen LogP contribution in [0.25, 0.3) is 0 Å². The molecule has 0 aliphatic heterocycles. The number of esters is 2. The molecule has 0 heterocycles. The van der Waals surface area contributed by atoms with Crippen molar-refractivity contribution in [3.63, 3.8) is 0 Å². The Hall–Kier alpha value is -1.58. The lowest BCUT2D eigenvalue weighted by Crippen LogP contribution is -2.55. The molecule has 0 bridgehead atoms. The summed E-state index contributed by atoms with van der Waals surface area (Å²) in [7, 11) is 1.48. The van der Waals surface area contributed by atoms with E-state index in [4.69, 9.17) is 9.47 Å². The lowest BCUT2D eigenvalue weighted by molar-refractivity contribution is -0.165. The lowest BCUT2D eigenvalue weighted by Gasteiger charge is -2.61. The summed E-state index contributed by atoms with van der Waals surface area (Å²) in [5.41, 5.74) is 3.84. The number of hydrogen-bond acceptors (Lipinski definition) is 4. The van der Waals surface area contributed by atoms with Gasteiger partial charge in [-0.1, -0.05) is 66.5 Å². The molecule has 0 radical (unpaired) electrons. The Morgan fingerprint density at radius 3 is 2.42 bits per heavy atom. The molecule has 202 valence electrons. The van der Waals surface area contributed by atoms with Crippen LogP contribution in [0.3, 0.4) is 0 Å². The average molecular weight is 499 g/mol. The van der Waals surface area contributed by atoms with Crippen molar-refractivity contribution < 1.29 is 19.1 Å². The monoisotopic (exact) mass is 498 g/mol. The zero-order valence-corrected chi connectivity index (χ0v) is 24.2. The van der Waals surface area contributed by atoms with E-state index >= 15 is 0 Å². The van der Waals surface area contributed by atoms with Crippen LogP contribution in [0.4, 0.5) is 0 Å². The number of carbonyl (C=O) groups excluding carboxylic acids is 2. The van der Waals surface area contributed by atoms with E-state index in [0.717, 1.165) is 38.5 Å². The quantitative estimate of drug-likeness (QED) is 0.265. The average Bonchev–Trinajstić information content (AvgIpc) is 3.09. The van der Waals surface area contributed by atoms with Gasteiger partial charge in [0.1, 0.15) is 6.10 Å². The third-order valence-corrected chi connectivity index (χ3v) is 11.8. The highest BCUT2D eigenvalue weighted by atomic mass is 16.5. The maximum absolute atomic E-state index is 11.8. The van der Waals surface area contributed by atoms with Gasteiger partial charge in [0.05, 0.1) is 7.11 Å². The number of fused-ring (bicyclic) bond motifs is 5. The van der Waals surface area contributed by atoms with Crippen LogP contribution in [0, 0.1) is 39.4 Å². The standard InChI is InChI=1S/C32H50O4/c1-21(11-9-10-12-28(34)35-8)23-15-19-32(7)25-13-14-26-29(3,4)27(36-22(2)33)17-18-30(26,5)24(25)16-20-31(23,32)6/h13,16,21,23,26-27H,9-12,14-15,17-20H2,1-8H3/t21-,23-,26+,27+,30-,31-,32+/m1/s1. The Bertz CT molecular complexity index is 944. The first kappa shape index (κ1) is 27.5. The number of rotatable bonds is 7. The molecule has 36 heavy (non-hydrogen) atoms. The molecule has 0 amide bonds. The summed E-state index contributed by atoms with van der Waals surface area (Å²) in [6.45, 7) is 16.3. The van der Waals surface area contributed by atoms with Gasteiger partial charge in [0.2, 0.25) is 0 Å². The van der Waals surface area contributed by atoms with Crippen molar-refractivity contribution in [3.8, 4) is 0 Å². The molecular formula is C32H50O4. The molecule has 2 saturated carbocycles. The van der Waals surface area contributed by atoms with Crippen molar-refractivity contribution in [3.05, 3.63) is 23.3 Å². The Balaban J connectivity index is 1.55. The van der Waals surface area contributed by atoms with Gasteiger partial charge in [-0.2, -0.15) is 0 Å². The van der Waals surface area contributed by atoms with Crippen molar-refractivity contribution >= 4 is 11.9 Å². The zero-order chi connectivity index (χ0) is 26.5. The van der Waals surface area contributed by atoms with Gasteiger partial charge in [0.25, 0.3) is 0 Å². The summed E-state index contributed by atoms with van der Waals surface area (Å²) in [6, 6.07) is 0. The van der Waals surface area contributed by atoms with Gasteiger partial charge >= 0.3 is 11.9 Å². The second-order valence-corrected chi connectivity index (χ2v) is 13.8. The molecule has 4 nitrogen and oxygen atoms in total. The van der Waals surface area contributed by atoms with Crippen molar-refractivity contribution in [1.82, 2.24) is 0 Å². The van der Waals surface area contributed by atoms with Crippen LogP contribution in [0.1, 0.15) is 113 Å². The van der Waals surface area contributed by atoms with E-state index in [1.807, 2.05) is 0 Å². The minimum Gasteiger partial charge on any atom is -0.469 e. The summed E-state index contributed by atoms with van der Waals surface area (Å²) >= 11 is 0. The number of allylic oxidation sites excluding steroid dienone is 4. The van der Waals surface area contributed by atoms with E-state index in [0.29, 0.717) is 24.2 Å². The van der Waals surface area contributed by atoms with Crippen LogP contribution < -0.4 is 0 Å². The fourth-order valence-electron chi connectivity index (χ4n) is 9.38. The molecule has 0 unspecified atom stereocenters. The number of carbonyl (C=O) groups is 2. The summed E-state index contributed by atoms with van der Waals surface area (Å²) in [6.07, 6.45) is 15.8. The first-order valence-electron chi connectivity index (χ1n) is 14.5. The van der Waals surface area contributed by atoms with E-state index in [-0.39, 0.29) is 39.7 Å². The zero-order valence-electron chi connectivity index (χ0n) is 24.2. The van der Waals surface area contributed by atoms with Crippen molar-refractivity contribution in [2.75, 3.05) is 7.11 Å². The minimum absolute atomic E-state index is 0.00367. The molecule has 0 N–H and O–H groups in total. The Morgan fingerprint density at radius 1 is 1.03 bits per heavy atom. The Morgan fingerprint density at radius 2 is 1.75 bits per heavy atom. The van der Waals surface area contributed by atoms with Gasteiger partial charge in [-0.15, -0.1) is 0 Å². The summed E-state index contributed by atoms with van der Waals surface area (Å²) in [4.78, 5) is 23.3. The van der Waals surface area contributed by atoms with E-state index in [2.05, 4.69) is 53.7 Å². The molecule has 0 saturated heterocycles. The largest absolute Gasteiger partial charge is 0.469 e. The second kappa shape index (κ2) is 9.62. The van der Waals surface area contributed by atoms with Gasteiger partial charge in [0, 0.05) is 18.8 Å². The molecule has 4 heteroatoms. The SMILES string of the molecule is COC(=O)CCCC[C@@H](C)[C@H]1CC[C@@]2(C)C3=CC[C@H]4C(C)(C)[C@@H](OC(C)=O)CC[C@]4(C)C3=CC[C@]12C. The molecular weight excluding hydrogens is 448 g/mol. The fourth-order valence-corrected chi connectivity index (χ4v) is 9.38. The van der Waals surface area contributed by atoms with Crippen LogP contribution in [-0.4, -0.2) is 25.2 Å². The summed E-state index contributed by atoms with van der Waals surface area (Å²) in [5.74, 6) is 1.61. The van der Waals surface area contributed by atoms with E-state index in [1.54, 1.807) is 18.1 Å². The van der Waals surface area contributed by atoms with Crippen LogP contribution in [0.2, 0.25) is 0 Å². The van der Waals surface area contributed by atoms with Gasteiger partial charge in [0.15, 0.2) is 0 Å². The highest BCUT2D eigenvalue weighted by Crippen LogP contribution is 2.71. The van der Waals surface area contributed by atoms with Crippen LogP contribution in [0.5, 0.6) is 0 Å². The Labute approximate surface area is 219 Å². The molecule has 4 aliphatic carbocycles. The molecule has 0 aromatic rings. The second-order valence-electron chi connectivity index (χ2n) is 13.8. The van der Waals surface area contributed by atoms with E-state index in [1.165, 1.54) is 26.4 Å². The summed E-state index contributed by atoms with van der Waals surface area (Å²) < 4.78 is 10.7. The topological polar surface area (TPSA) is 52.6 Å². The first-order valence-corrected chi connectivity index (χ1v) is 14.5. The molecule has 2 fully saturated rings. The van der Waals surface area contributed by atoms with E-state index < -0.39 is 0 Å². The Kier molecular flexibility index (Phi) is 7.34. The van der Waals surface area contributed by atoms with Gasteiger partial charge < -0.3 is 9.47 Å². The van der Waals surface area contributed by atoms with Crippen LogP contribution in [0.15, 0.2) is 23.3 Å². The fraction of sp³-hybridized carbons (Fsp3) is 0.812. The normalized spacial score (nSPS) is 39.6. The molecule has 4 aliphatic rings. The van der Waals surface area contributed by atoms with Crippen molar-refractivity contribution in [2.45, 2.75) is 119 Å². The maximum Gasteiger partial charge on any atom is 0.305 e. The first-order chi connectivity index (χ1) is 16.8. The smallest absolute Gasteiger partial charge is 0.305 e. The number of hydrogen-bond donors (Lipinski definition) is 0. The van der Waals surface area contributed by atoms with Crippen LogP contribution >= 0.6 is 0 Å². The number of unbranched alkanes of at least 4 members (excludes halogenated alkanes) is 1. The molecule has 0 aromatic carbocycles. The van der Waals surface area contributed by atoms with Gasteiger partial charge in [-0.05, 0) is 90.1 Å². The predicted molar refractivity (Wildman–Crippen MR) is 144 cm³/mol. The summed E-state index contributed by atoms with van der Waals surface area (Å²) in [5, 5.41) is 0. The van der Waals surface area contributed by atoms with Crippen molar-refractivity contribution in [1.29, 1.82) is 0 Å². The van der Waals surface area contributed by atoms with E-state index in [9.17, 15) is 9.59 Å². The van der Waals surface area contributed by atoms with Crippen molar-refractivity contribution in [2.24, 2.45) is 39.4 Å². The molecule has 0 spiro atoms. The van der Waals surface area contributed by atoms with Gasteiger partial charge in [-0.25, -0.2) is 0 Å². The molecule has 7 atom stereocenters. The third kappa shape index (κ3) is 4.19. The lowest BCUT2D eigenvalue weighted by atomic mass is 9.44. The van der Waals surface area contributed by atoms with Crippen LogP contribution in [-0.2, 0) is 19.1 Å². The third-order valence-electron chi connectivity index (χ3n) is 11.8. The number of methoxy groups -OCH3 is 1. The predicted octanol–water partition coefficient (Wildman–Crippen LogP) is 7.81.